The van der Waals surface area contributed by atoms with Crippen molar-refractivity contribution in [2.45, 2.75) is 33.9 Å². The molecule has 0 aliphatic carbocycles. The molecule has 0 amide bonds. The molecule has 0 aliphatic rings. The van der Waals surface area contributed by atoms with E-state index < -0.39 is 0 Å². The third kappa shape index (κ3) is 3.78. The van der Waals surface area contributed by atoms with Crippen LogP contribution in [-0.4, -0.2) is 13.2 Å². The molecule has 0 saturated carbocycles. The Bertz CT molecular complexity index is 518. The summed E-state index contributed by atoms with van der Waals surface area (Å²) in [6, 6.07) is 8.61. The SMILES string of the molecule is CCNCc1sc2ccccc2c1COCC(C)C. The van der Waals surface area contributed by atoms with Crippen LogP contribution in [0.25, 0.3) is 10.1 Å². The summed E-state index contributed by atoms with van der Waals surface area (Å²) in [5, 5.41) is 4.77. The number of rotatable bonds is 7. The third-order valence-electron chi connectivity index (χ3n) is 3.02. The third-order valence-corrected chi connectivity index (χ3v) is 4.23. The first kappa shape index (κ1) is 14.5. The zero-order chi connectivity index (χ0) is 13.7. The minimum absolute atomic E-state index is 0.585. The first-order chi connectivity index (χ1) is 9.22. The molecule has 0 bridgehead atoms. The summed E-state index contributed by atoms with van der Waals surface area (Å²) in [6.07, 6.45) is 0. The fourth-order valence-corrected chi connectivity index (χ4v) is 3.27. The number of hydrogen-bond acceptors (Lipinski definition) is 3. The van der Waals surface area contributed by atoms with E-state index in [4.69, 9.17) is 4.74 Å². The van der Waals surface area contributed by atoms with E-state index in [-0.39, 0.29) is 0 Å². The van der Waals surface area contributed by atoms with Gasteiger partial charge in [0.15, 0.2) is 0 Å². The highest BCUT2D eigenvalue weighted by molar-refractivity contribution is 7.19. The lowest BCUT2D eigenvalue weighted by Crippen LogP contribution is -2.12. The molecule has 0 atom stereocenters. The van der Waals surface area contributed by atoms with Gasteiger partial charge in [0.2, 0.25) is 0 Å². The Labute approximate surface area is 119 Å². The first-order valence-electron chi connectivity index (χ1n) is 7.00. The Morgan fingerprint density at radius 2 is 2.05 bits per heavy atom. The molecule has 0 radical (unpaired) electrons. The second kappa shape index (κ2) is 7.04. The van der Waals surface area contributed by atoms with E-state index in [1.165, 1.54) is 20.5 Å². The van der Waals surface area contributed by atoms with Gasteiger partial charge >= 0.3 is 0 Å². The molecule has 0 unspecified atom stereocenters. The van der Waals surface area contributed by atoms with Crippen LogP contribution in [0.1, 0.15) is 31.2 Å². The van der Waals surface area contributed by atoms with Crippen molar-refractivity contribution in [1.29, 1.82) is 0 Å². The molecule has 1 aromatic heterocycles. The van der Waals surface area contributed by atoms with Crippen molar-refractivity contribution in [2.75, 3.05) is 13.2 Å². The number of hydrogen-bond donors (Lipinski definition) is 1. The largest absolute Gasteiger partial charge is 0.376 e. The zero-order valence-corrected chi connectivity index (χ0v) is 12.8. The monoisotopic (exact) mass is 277 g/mol. The minimum Gasteiger partial charge on any atom is -0.376 e. The van der Waals surface area contributed by atoms with Crippen molar-refractivity contribution in [2.24, 2.45) is 5.92 Å². The summed E-state index contributed by atoms with van der Waals surface area (Å²) in [4.78, 5) is 1.41. The van der Waals surface area contributed by atoms with Crippen molar-refractivity contribution in [3.63, 3.8) is 0 Å². The normalized spacial score (nSPS) is 11.6. The molecule has 1 aromatic carbocycles. The molecule has 104 valence electrons. The van der Waals surface area contributed by atoms with E-state index in [0.29, 0.717) is 5.92 Å². The van der Waals surface area contributed by atoms with Crippen LogP contribution in [0.5, 0.6) is 0 Å². The van der Waals surface area contributed by atoms with Gasteiger partial charge in [0.25, 0.3) is 0 Å². The van der Waals surface area contributed by atoms with Crippen LogP contribution in [-0.2, 0) is 17.9 Å². The second-order valence-corrected chi connectivity index (χ2v) is 6.33. The quantitative estimate of drug-likeness (QED) is 0.819. The Kier molecular flexibility index (Phi) is 5.37. The maximum Gasteiger partial charge on any atom is 0.0734 e. The van der Waals surface area contributed by atoms with Gasteiger partial charge in [-0.25, -0.2) is 0 Å². The maximum atomic E-state index is 5.85. The van der Waals surface area contributed by atoms with Crippen LogP contribution >= 0.6 is 11.3 Å². The van der Waals surface area contributed by atoms with Crippen molar-refractivity contribution in [3.05, 3.63) is 34.7 Å². The van der Waals surface area contributed by atoms with Gasteiger partial charge in [0.05, 0.1) is 6.61 Å². The van der Waals surface area contributed by atoms with Crippen LogP contribution in [0.3, 0.4) is 0 Å². The summed E-state index contributed by atoms with van der Waals surface area (Å²) >= 11 is 1.88. The topological polar surface area (TPSA) is 21.3 Å². The summed E-state index contributed by atoms with van der Waals surface area (Å²) in [7, 11) is 0. The van der Waals surface area contributed by atoms with E-state index in [9.17, 15) is 0 Å². The molecule has 0 spiro atoms. The Morgan fingerprint density at radius 1 is 1.26 bits per heavy atom. The van der Waals surface area contributed by atoms with Gasteiger partial charge in [-0.2, -0.15) is 0 Å². The van der Waals surface area contributed by atoms with Crippen LogP contribution in [0.4, 0.5) is 0 Å². The fourth-order valence-electron chi connectivity index (χ4n) is 2.09. The Hall–Kier alpha value is -0.900. The van der Waals surface area contributed by atoms with Gasteiger partial charge in [0.1, 0.15) is 0 Å². The summed E-state index contributed by atoms with van der Waals surface area (Å²) in [6.45, 7) is 10.0. The highest BCUT2D eigenvalue weighted by Gasteiger charge is 2.11. The van der Waals surface area contributed by atoms with Gasteiger partial charge in [0, 0.05) is 28.3 Å². The Balaban J connectivity index is 2.21. The molecule has 1 heterocycles. The average Bonchev–Trinajstić information content (AvgIpc) is 2.74. The van der Waals surface area contributed by atoms with E-state index in [0.717, 1.165) is 26.3 Å². The maximum absolute atomic E-state index is 5.85. The number of fused-ring (bicyclic) bond motifs is 1. The van der Waals surface area contributed by atoms with Crippen molar-refractivity contribution in [3.8, 4) is 0 Å². The van der Waals surface area contributed by atoms with Crippen LogP contribution in [0.2, 0.25) is 0 Å². The fraction of sp³-hybridized carbons (Fsp3) is 0.500. The zero-order valence-electron chi connectivity index (χ0n) is 12.0. The number of nitrogens with one attached hydrogen (secondary N) is 1. The van der Waals surface area contributed by atoms with Crippen LogP contribution < -0.4 is 5.32 Å². The number of thiophene rings is 1. The molecule has 0 fully saturated rings. The molecule has 3 heteroatoms. The van der Waals surface area contributed by atoms with Crippen LogP contribution in [0, 0.1) is 5.92 Å². The van der Waals surface area contributed by atoms with Gasteiger partial charge in [-0.05, 0) is 23.9 Å². The smallest absolute Gasteiger partial charge is 0.0734 e. The lowest BCUT2D eigenvalue weighted by molar-refractivity contribution is 0.0975. The first-order valence-corrected chi connectivity index (χ1v) is 7.81. The van der Waals surface area contributed by atoms with Gasteiger partial charge < -0.3 is 10.1 Å². The van der Waals surface area contributed by atoms with E-state index in [1.807, 2.05) is 11.3 Å². The summed E-state index contributed by atoms with van der Waals surface area (Å²) in [5.41, 5.74) is 1.36. The molecule has 2 rings (SSSR count). The van der Waals surface area contributed by atoms with E-state index in [2.05, 4.69) is 50.4 Å². The summed E-state index contributed by atoms with van der Waals surface area (Å²) in [5.74, 6) is 0.585. The highest BCUT2D eigenvalue weighted by atomic mass is 32.1. The lowest BCUT2D eigenvalue weighted by atomic mass is 10.1. The molecule has 1 N–H and O–H groups in total. The van der Waals surface area contributed by atoms with Gasteiger partial charge in [-0.1, -0.05) is 39.0 Å². The molecule has 0 aliphatic heterocycles. The van der Waals surface area contributed by atoms with Crippen molar-refractivity contribution in [1.82, 2.24) is 5.32 Å². The second-order valence-electron chi connectivity index (χ2n) is 5.19. The average molecular weight is 277 g/mol. The molecule has 19 heavy (non-hydrogen) atoms. The predicted octanol–water partition coefficient (Wildman–Crippen LogP) is 4.18. The molecule has 2 aromatic rings. The minimum atomic E-state index is 0.585. The molecular formula is C16H23NOS. The Morgan fingerprint density at radius 3 is 2.79 bits per heavy atom. The van der Waals surface area contributed by atoms with Gasteiger partial charge in [-0.15, -0.1) is 11.3 Å². The summed E-state index contributed by atoms with van der Waals surface area (Å²) < 4.78 is 7.21. The van der Waals surface area contributed by atoms with Crippen molar-refractivity contribution >= 4 is 21.4 Å². The van der Waals surface area contributed by atoms with Gasteiger partial charge in [-0.3, -0.25) is 0 Å². The molecule has 0 saturated heterocycles. The number of benzene rings is 1. The molecule has 2 nitrogen and oxygen atoms in total. The number of ether oxygens (including phenoxy) is 1. The molecular weight excluding hydrogens is 254 g/mol. The standard InChI is InChI=1S/C16H23NOS/c1-4-17-9-16-14(11-18-10-12(2)3)13-7-5-6-8-15(13)19-16/h5-8,12,17H,4,9-11H2,1-3H3. The highest BCUT2D eigenvalue weighted by Crippen LogP contribution is 2.31. The predicted molar refractivity (Wildman–Crippen MR) is 83.7 cm³/mol. The van der Waals surface area contributed by atoms with E-state index >= 15 is 0 Å². The lowest BCUT2D eigenvalue weighted by Gasteiger charge is -2.09. The van der Waals surface area contributed by atoms with E-state index in [1.54, 1.807) is 0 Å². The van der Waals surface area contributed by atoms with Crippen LogP contribution in [0.15, 0.2) is 24.3 Å². The van der Waals surface area contributed by atoms with Crippen molar-refractivity contribution < 1.29 is 4.74 Å².